The van der Waals surface area contributed by atoms with Gasteiger partial charge >= 0.3 is 5.97 Å². The zero-order chi connectivity index (χ0) is 28.8. The average molecular weight is 539 g/mol. The number of benzene rings is 2. The van der Waals surface area contributed by atoms with Crippen LogP contribution in [-0.2, 0) is 16.0 Å². The van der Waals surface area contributed by atoms with Gasteiger partial charge in [0.25, 0.3) is 0 Å². The van der Waals surface area contributed by atoms with Crippen molar-refractivity contribution in [3.8, 4) is 11.3 Å². The fraction of sp³-hybridized carbons (Fsp3) is 0.531. The van der Waals surface area contributed by atoms with Crippen LogP contribution in [0.15, 0.2) is 59.0 Å². The van der Waals surface area contributed by atoms with E-state index in [0.717, 1.165) is 40.7 Å². The van der Waals surface area contributed by atoms with Gasteiger partial charge in [-0.1, -0.05) is 42.5 Å². The quantitative estimate of drug-likeness (QED) is 0.161. The van der Waals surface area contributed by atoms with Crippen LogP contribution in [0.3, 0.4) is 0 Å². The summed E-state index contributed by atoms with van der Waals surface area (Å²) in [4.78, 5) is 12.9. The van der Waals surface area contributed by atoms with Crippen LogP contribution in [0.1, 0.15) is 72.3 Å². The molecule has 0 spiro atoms. The first-order valence-corrected chi connectivity index (χ1v) is 13.9. The third kappa shape index (κ3) is 8.39. The Morgan fingerprint density at radius 3 is 2.18 bits per heavy atom. The number of fused-ring (bicyclic) bond motifs is 1. The van der Waals surface area contributed by atoms with Gasteiger partial charge in [-0.05, 0) is 90.8 Å². The number of hydrogen-bond acceptors (Lipinski definition) is 7. The summed E-state index contributed by atoms with van der Waals surface area (Å²) < 4.78 is 11.6. The standard InChI is InChI=1S/C32H46N2O5/c1-30(2,33)21-32(5,31(3,4)34)29(37)38-18-10-15-26(36)25(35)14-9-11-22-16-17-24-20-28(39-27(24)19-22)23-12-7-6-8-13-23/h6-8,12-13,16-17,19-20,25-26,35-36H,9-11,14-15,18,21,33-34H2,1-5H3. The highest BCUT2D eigenvalue weighted by molar-refractivity contribution is 5.83. The summed E-state index contributed by atoms with van der Waals surface area (Å²) in [6, 6.07) is 18.2. The molecule has 1 heterocycles. The summed E-state index contributed by atoms with van der Waals surface area (Å²) in [7, 11) is 0. The zero-order valence-electron chi connectivity index (χ0n) is 24.1. The molecule has 0 fully saturated rings. The minimum Gasteiger partial charge on any atom is -0.465 e. The number of hydrogen-bond donors (Lipinski definition) is 4. The predicted octanol–water partition coefficient (Wildman–Crippen LogP) is 5.34. The van der Waals surface area contributed by atoms with E-state index in [4.69, 9.17) is 20.6 Å². The fourth-order valence-corrected chi connectivity index (χ4v) is 4.97. The molecule has 2 aromatic carbocycles. The second-order valence-electron chi connectivity index (χ2n) is 12.4. The van der Waals surface area contributed by atoms with Gasteiger partial charge in [0, 0.05) is 22.0 Å². The molecule has 0 saturated carbocycles. The molecule has 3 rings (SSSR count). The molecular formula is C32H46N2O5. The molecule has 3 unspecified atom stereocenters. The number of nitrogens with two attached hydrogens (primary N) is 2. The van der Waals surface area contributed by atoms with Gasteiger partial charge in [0.1, 0.15) is 11.3 Å². The van der Waals surface area contributed by atoms with Crippen LogP contribution < -0.4 is 11.5 Å². The number of aliphatic hydroxyl groups is 2. The molecule has 214 valence electrons. The molecule has 0 aliphatic carbocycles. The Morgan fingerprint density at radius 2 is 1.56 bits per heavy atom. The van der Waals surface area contributed by atoms with Crippen LogP contribution in [0.25, 0.3) is 22.3 Å². The number of carbonyl (C=O) groups excluding carboxylic acids is 1. The minimum atomic E-state index is -0.953. The summed E-state index contributed by atoms with van der Waals surface area (Å²) in [6.07, 6.45) is 1.39. The van der Waals surface area contributed by atoms with Gasteiger partial charge in [0.15, 0.2) is 0 Å². The third-order valence-corrected chi connectivity index (χ3v) is 7.61. The van der Waals surface area contributed by atoms with Crippen molar-refractivity contribution in [1.82, 2.24) is 0 Å². The number of furan rings is 1. The molecule has 0 amide bonds. The largest absolute Gasteiger partial charge is 0.465 e. The van der Waals surface area contributed by atoms with Gasteiger partial charge in [-0.2, -0.15) is 0 Å². The monoisotopic (exact) mass is 538 g/mol. The van der Waals surface area contributed by atoms with Gasteiger partial charge < -0.3 is 30.8 Å². The van der Waals surface area contributed by atoms with Gasteiger partial charge in [-0.15, -0.1) is 0 Å². The molecule has 0 bridgehead atoms. The molecule has 0 saturated heterocycles. The lowest BCUT2D eigenvalue weighted by Crippen LogP contribution is -2.58. The second-order valence-corrected chi connectivity index (χ2v) is 12.4. The van der Waals surface area contributed by atoms with E-state index in [1.165, 1.54) is 0 Å². The Morgan fingerprint density at radius 1 is 0.923 bits per heavy atom. The van der Waals surface area contributed by atoms with Crippen LogP contribution in [0.5, 0.6) is 0 Å². The fourth-order valence-electron chi connectivity index (χ4n) is 4.97. The van der Waals surface area contributed by atoms with Gasteiger partial charge in [-0.25, -0.2) is 0 Å². The molecule has 39 heavy (non-hydrogen) atoms. The smallest absolute Gasteiger partial charge is 0.313 e. The molecule has 0 aliphatic rings. The van der Waals surface area contributed by atoms with Crippen molar-refractivity contribution in [2.24, 2.45) is 16.9 Å². The summed E-state index contributed by atoms with van der Waals surface area (Å²) >= 11 is 0. The van der Waals surface area contributed by atoms with Gasteiger partial charge in [-0.3, -0.25) is 4.79 Å². The van der Waals surface area contributed by atoms with E-state index >= 15 is 0 Å². The van der Waals surface area contributed by atoms with Crippen molar-refractivity contribution in [2.45, 2.75) is 96.4 Å². The number of esters is 1. The lowest BCUT2D eigenvalue weighted by Gasteiger charge is -2.42. The Bertz CT molecular complexity index is 1210. The predicted molar refractivity (Wildman–Crippen MR) is 156 cm³/mol. The van der Waals surface area contributed by atoms with E-state index < -0.39 is 34.7 Å². The molecule has 3 atom stereocenters. The Balaban J connectivity index is 1.42. The molecule has 0 radical (unpaired) electrons. The van der Waals surface area contributed by atoms with E-state index in [-0.39, 0.29) is 6.61 Å². The van der Waals surface area contributed by atoms with Crippen molar-refractivity contribution in [3.05, 3.63) is 60.2 Å². The van der Waals surface area contributed by atoms with Crippen LogP contribution in [0.2, 0.25) is 0 Å². The van der Waals surface area contributed by atoms with Gasteiger partial charge in [0.05, 0.1) is 24.2 Å². The molecule has 3 aromatic rings. The number of carbonyl (C=O) groups is 1. The Hall–Kier alpha value is -2.71. The molecule has 6 N–H and O–H groups in total. The summed E-state index contributed by atoms with van der Waals surface area (Å²) in [6.45, 7) is 9.25. The normalized spacial score (nSPS) is 15.6. The van der Waals surface area contributed by atoms with Crippen molar-refractivity contribution < 1.29 is 24.2 Å². The summed E-state index contributed by atoms with van der Waals surface area (Å²) in [5, 5.41) is 21.9. The number of aryl methyl sites for hydroxylation is 1. The average Bonchev–Trinajstić information content (AvgIpc) is 3.28. The molecule has 1 aromatic heterocycles. The van der Waals surface area contributed by atoms with Crippen molar-refractivity contribution in [1.29, 1.82) is 0 Å². The Kier molecular flexibility index (Phi) is 9.99. The van der Waals surface area contributed by atoms with E-state index in [1.54, 1.807) is 20.8 Å². The number of aliphatic hydroxyl groups excluding tert-OH is 2. The minimum absolute atomic E-state index is 0.146. The molecular weight excluding hydrogens is 492 g/mol. The molecule has 0 aliphatic heterocycles. The van der Waals surface area contributed by atoms with Crippen LogP contribution in [-0.4, -0.2) is 46.1 Å². The van der Waals surface area contributed by atoms with E-state index in [1.807, 2.05) is 56.3 Å². The van der Waals surface area contributed by atoms with Crippen molar-refractivity contribution in [3.63, 3.8) is 0 Å². The van der Waals surface area contributed by atoms with Crippen LogP contribution >= 0.6 is 0 Å². The maximum atomic E-state index is 12.9. The van der Waals surface area contributed by atoms with Crippen molar-refractivity contribution in [2.75, 3.05) is 6.61 Å². The SMILES string of the molecule is CC(C)(N)CC(C)(C(=O)OCCCC(O)C(O)CCCc1ccc2cc(-c3ccccc3)oc2c1)C(C)(C)N. The number of ether oxygens (including phenoxy) is 1. The first kappa shape index (κ1) is 30.8. The van der Waals surface area contributed by atoms with Crippen molar-refractivity contribution >= 4 is 16.9 Å². The maximum Gasteiger partial charge on any atom is 0.313 e. The lowest BCUT2D eigenvalue weighted by atomic mass is 9.67. The zero-order valence-corrected chi connectivity index (χ0v) is 24.1. The summed E-state index contributed by atoms with van der Waals surface area (Å²) in [5.74, 6) is 0.444. The molecule has 7 nitrogen and oxygen atoms in total. The lowest BCUT2D eigenvalue weighted by molar-refractivity contribution is -0.160. The first-order chi connectivity index (χ1) is 18.2. The highest BCUT2D eigenvalue weighted by atomic mass is 16.5. The first-order valence-electron chi connectivity index (χ1n) is 13.9. The van der Waals surface area contributed by atoms with E-state index in [0.29, 0.717) is 25.7 Å². The Labute approximate surface area is 232 Å². The second kappa shape index (κ2) is 12.6. The van der Waals surface area contributed by atoms with Crippen LogP contribution in [0.4, 0.5) is 0 Å². The number of rotatable bonds is 14. The van der Waals surface area contributed by atoms with E-state index in [2.05, 4.69) is 12.1 Å². The highest BCUT2D eigenvalue weighted by Crippen LogP contribution is 2.38. The maximum absolute atomic E-state index is 12.9. The molecule has 7 heteroatoms. The highest BCUT2D eigenvalue weighted by Gasteiger charge is 2.48. The topological polar surface area (TPSA) is 132 Å². The third-order valence-electron chi connectivity index (χ3n) is 7.61. The van der Waals surface area contributed by atoms with Gasteiger partial charge in [0.2, 0.25) is 0 Å². The summed E-state index contributed by atoms with van der Waals surface area (Å²) in [5.41, 5.74) is 13.1. The van der Waals surface area contributed by atoms with Crippen LogP contribution in [0, 0.1) is 5.41 Å². The van der Waals surface area contributed by atoms with E-state index in [9.17, 15) is 15.0 Å².